The van der Waals surface area contributed by atoms with Gasteiger partial charge in [-0.15, -0.1) is 0 Å². The molecule has 0 unspecified atom stereocenters. The first-order valence-corrected chi connectivity index (χ1v) is 12.8. The van der Waals surface area contributed by atoms with Gasteiger partial charge in [-0.05, 0) is 65.8 Å². The molecule has 37 heavy (non-hydrogen) atoms. The molecule has 4 heterocycles. The van der Waals surface area contributed by atoms with Gasteiger partial charge in [0.1, 0.15) is 17.2 Å². The molecule has 1 spiro atoms. The van der Waals surface area contributed by atoms with E-state index in [4.69, 9.17) is 10.5 Å². The number of carbonyl (C=O) groups excluding carboxylic acids is 2. The molecule has 0 bridgehead atoms. The number of aryl methyl sites for hydroxylation is 1. The van der Waals surface area contributed by atoms with Crippen LogP contribution < -0.4 is 15.8 Å². The van der Waals surface area contributed by atoms with E-state index in [9.17, 15) is 9.59 Å². The Kier molecular flexibility index (Phi) is 5.62. The Hall–Kier alpha value is -3.94. The van der Waals surface area contributed by atoms with Crippen molar-refractivity contribution in [3.8, 4) is 28.0 Å². The first-order valence-electron chi connectivity index (χ1n) is 12.8. The van der Waals surface area contributed by atoms with Crippen molar-refractivity contribution in [1.29, 1.82) is 0 Å². The average molecular weight is 501 g/mol. The standard InChI is InChI=1S/C29H29FN4O3/c1-17(35)34-12-9-29(10-13-34)8-6-21-15-18(3-5-25(21)37-29)23-16-24(27(31)33-26(23)30)19-2-4-22-20(14-19)7-11-32-28(22)36/h2-5,14-16H,6-13H2,1H3,(H2,31,33)(H,32,36). The van der Waals surface area contributed by atoms with Gasteiger partial charge in [0, 0.05) is 56.1 Å². The molecule has 1 aromatic heterocycles. The normalized spacial score (nSPS) is 18.0. The summed E-state index contributed by atoms with van der Waals surface area (Å²) in [6.45, 7) is 3.62. The summed E-state index contributed by atoms with van der Waals surface area (Å²) in [5.41, 5.74) is 11.1. The average Bonchev–Trinajstić information content (AvgIpc) is 2.89. The summed E-state index contributed by atoms with van der Waals surface area (Å²) >= 11 is 0. The minimum atomic E-state index is -0.622. The first-order chi connectivity index (χ1) is 17.8. The van der Waals surface area contributed by atoms with Crippen molar-refractivity contribution in [2.45, 2.75) is 44.6 Å². The number of aromatic nitrogens is 1. The highest BCUT2D eigenvalue weighted by Gasteiger charge is 2.40. The maximum atomic E-state index is 15.1. The molecule has 0 atom stereocenters. The van der Waals surface area contributed by atoms with Gasteiger partial charge in [-0.1, -0.05) is 18.2 Å². The molecular formula is C29H29FN4O3. The first kappa shape index (κ1) is 23.5. The maximum Gasteiger partial charge on any atom is 0.251 e. The number of nitrogens with zero attached hydrogens (tertiary/aromatic N) is 2. The Morgan fingerprint density at radius 3 is 2.51 bits per heavy atom. The lowest BCUT2D eigenvalue weighted by Gasteiger charge is -2.44. The Balaban J connectivity index is 1.29. The molecule has 1 fully saturated rings. The summed E-state index contributed by atoms with van der Waals surface area (Å²) in [7, 11) is 0. The number of halogens is 1. The second kappa shape index (κ2) is 8.87. The minimum absolute atomic E-state index is 0.0823. The van der Waals surface area contributed by atoms with E-state index < -0.39 is 5.95 Å². The third kappa shape index (κ3) is 4.20. The summed E-state index contributed by atoms with van der Waals surface area (Å²) < 4.78 is 21.6. The number of hydrogen-bond acceptors (Lipinski definition) is 5. The predicted molar refractivity (Wildman–Crippen MR) is 139 cm³/mol. The van der Waals surface area contributed by atoms with Gasteiger partial charge in [0.05, 0.1) is 0 Å². The van der Waals surface area contributed by atoms with E-state index in [1.165, 1.54) is 0 Å². The largest absolute Gasteiger partial charge is 0.487 e. The van der Waals surface area contributed by atoms with Gasteiger partial charge in [0.25, 0.3) is 5.91 Å². The van der Waals surface area contributed by atoms with E-state index in [0.717, 1.165) is 54.5 Å². The molecule has 7 nitrogen and oxygen atoms in total. The molecule has 6 rings (SSSR count). The fourth-order valence-electron chi connectivity index (χ4n) is 5.80. The van der Waals surface area contributed by atoms with Gasteiger partial charge >= 0.3 is 0 Å². The lowest BCUT2D eigenvalue weighted by molar-refractivity contribution is -0.132. The Bertz CT molecular complexity index is 1430. The second-order valence-electron chi connectivity index (χ2n) is 10.3. The Morgan fingerprint density at radius 1 is 1.00 bits per heavy atom. The van der Waals surface area contributed by atoms with Gasteiger partial charge in [0.15, 0.2) is 0 Å². The third-order valence-electron chi connectivity index (χ3n) is 8.01. The molecule has 8 heteroatoms. The van der Waals surface area contributed by atoms with E-state index in [1.54, 1.807) is 19.1 Å². The number of pyridine rings is 1. The van der Waals surface area contributed by atoms with Crippen molar-refractivity contribution in [2.75, 3.05) is 25.4 Å². The van der Waals surface area contributed by atoms with Crippen molar-refractivity contribution < 1.29 is 18.7 Å². The van der Waals surface area contributed by atoms with Crippen molar-refractivity contribution in [2.24, 2.45) is 0 Å². The summed E-state index contributed by atoms with van der Waals surface area (Å²) in [6.07, 6.45) is 4.06. The molecule has 190 valence electrons. The molecule has 3 aromatic rings. The monoisotopic (exact) mass is 500 g/mol. The third-order valence-corrected chi connectivity index (χ3v) is 8.01. The topological polar surface area (TPSA) is 97.6 Å². The Labute approximate surface area is 214 Å². The number of anilines is 1. The van der Waals surface area contributed by atoms with Crippen molar-refractivity contribution >= 4 is 17.6 Å². The zero-order valence-electron chi connectivity index (χ0n) is 20.8. The molecule has 2 amide bonds. The molecule has 0 radical (unpaired) electrons. The van der Waals surface area contributed by atoms with Gasteiger partial charge in [-0.25, -0.2) is 4.98 Å². The highest BCUT2D eigenvalue weighted by Crippen LogP contribution is 2.41. The molecule has 0 saturated carbocycles. The SMILES string of the molecule is CC(=O)N1CCC2(CCc3cc(-c4cc(-c5ccc6c(c5)CCNC6=O)c(N)nc4F)ccc3O2)CC1. The van der Waals surface area contributed by atoms with Crippen molar-refractivity contribution in [3.63, 3.8) is 0 Å². The van der Waals surface area contributed by atoms with Crippen LogP contribution in [-0.4, -0.2) is 46.9 Å². The van der Waals surface area contributed by atoms with Crippen LogP contribution in [0.5, 0.6) is 5.75 Å². The van der Waals surface area contributed by atoms with Gasteiger partial charge < -0.3 is 20.7 Å². The van der Waals surface area contributed by atoms with Crippen LogP contribution in [0, 0.1) is 5.95 Å². The number of fused-ring (bicyclic) bond motifs is 2. The number of likely N-dealkylation sites (tertiary alicyclic amines) is 1. The number of ether oxygens (including phenoxy) is 1. The number of amides is 2. The second-order valence-corrected chi connectivity index (χ2v) is 10.3. The molecule has 2 aromatic carbocycles. The van der Waals surface area contributed by atoms with Crippen LogP contribution in [0.4, 0.5) is 10.2 Å². The van der Waals surface area contributed by atoms with Crippen LogP contribution in [0.15, 0.2) is 42.5 Å². The quantitative estimate of drug-likeness (QED) is 0.516. The molecule has 3 aliphatic rings. The van der Waals surface area contributed by atoms with Gasteiger partial charge in [0.2, 0.25) is 11.9 Å². The highest BCUT2D eigenvalue weighted by atomic mass is 19.1. The zero-order valence-corrected chi connectivity index (χ0v) is 20.8. The van der Waals surface area contributed by atoms with Crippen LogP contribution in [0.2, 0.25) is 0 Å². The maximum absolute atomic E-state index is 15.1. The predicted octanol–water partition coefficient (Wildman–Crippen LogP) is 4.13. The van der Waals surface area contributed by atoms with Gasteiger partial charge in [-0.3, -0.25) is 9.59 Å². The number of nitrogen functional groups attached to an aromatic ring is 1. The lowest BCUT2D eigenvalue weighted by Crippen LogP contribution is -2.50. The van der Waals surface area contributed by atoms with E-state index in [0.29, 0.717) is 41.9 Å². The number of hydrogen-bond donors (Lipinski definition) is 2. The number of rotatable bonds is 2. The molecule has 1 saturated heterocycles. The van der Waals surface area contributed by atoms with Crippen molar-refractivity contribution in [3.05, 3.63) is 65.1 Å². The highest BCUT2D eigenvalue weighted by molar-refractivity contribution is 5.97. The van der Waals surface area contributed by atoms with E-state index >= 15 is 4.39 Å². The zero-order chi connectivity index (χ0) is 25.7. The van der Waals surface area contributed by atoms with Crippen LogP contribution in [0.25, 0.3) is 22.3 Å². The number of piperidine rings is 1. The number of benzene rings is 2. The van der Waals surface area contributed by atoms with E-state index in [-0.39, 0.29) is 23.2 Å². The smallest absolute Gasteiger partial charge is 0.251 e. The molecule has 3 N–H and O–H groups in total. The van der Waals surface area contributed by atoms with Crippen LogP contribution in [-0.2, 0) is 17.6 Å². The lowest BCUT2D eigenvalue weighted by atomic mass is 9.82. The van der Waals surface area contributed by atoms with Crippen molar-refractivity contribution in [1.82, 2.24) is 15.2 Å². The summed E-state index contributed by atoms with van der Waals surface area (Å²) in [5, 5.41) is 2.85. The summed E-state index contributed by atoms with van der Waals surface area (Å²) in [4.78, 5) is 29.7. The number of nitrogens with one attached hydrogen (secondary N) is 1. The van der Waals surface area contributed by atoms with Crippen LogP contribution in [0.1, 0.15) is 47.7 Å². The Morgan fingerprint density at radius 2 is 1.73 bits per heavy atom. The molecule has 3 aliphatic heterocycles. The number of carbonyl (C=O) groups is 2. The van der Waals surface area contributed by atoms with Crippen LogP contribution in [0.3, 0.4) is 0 Å². The minimum Gasteiger partial charge on any atom is -0.487 e. The summed E-state index contributed by atoms with van der Waals surface area (Å²) in [6, 6.07) is 13.1. The summed E-state index contributed by atoms with van der Waals surface area (Å²) in [5.74, 6) is 0.337. The number of nitrogens with two attached hydrogens (primary N) is 1. The fraction of sp³-hybridized carbons (Fsp3) is 0.345. The van der Waals surface area contributed by atoms with E-state index in [2.05, 4.69) is 10.3 Å². The van der Waals surface area contributed by atoms with E-state index in [1.807, 2.05) is 35.2 Å². The molecular weight excluding hydrogens is 471 g/mol. The van der Waals surface area contributed by atoms with Gasteiger partial charge in [-0.2, -0.15) is 4.39 Å². The van der Waals surface area contributed by atoms with Crippen LogP contribution >= 0.6 is 0 Å². The fourth-order valence-corrected chi connectivity index (χ4v) is 5.80. The molecule has 0 aliphatic carbocycles.